The molecular formula is C31H24O2S. The molecule has 1 heterocycles. The molecule has 0 amide bonds. The number of benzene rings is 3. The van der Waals surface area contributed by atoms with Crippen molar-refractivity contribution in [1.82, 2.24) is 0 Å². The second-order valence-corrected chi connectivity index (χ2v) is 9.52. The Bertz CT molecular complexity index is 1380. The molecule has 166 valence electrons. The van der Waals surface area contributed by atoms with Gasteiger partial charge in [-0.3, -0.25) is 0 Å². The molecule has 3 aromatic carbocycles. The third kappa shape index (κ3) is 4.70. The first-order valence-corrected chi connectivity index (χ1v) is 12.1. The number of fused-ring (bicyclic) bond motifs is 1. The fourth-order valence-corrected chi connectivity index (χ4v) is 5.36. The first kappa shape index (κ1) is 21.9. The molecule has 5 rings (SSSR count). The average molecular weight is 461 g/mol. The number of hydrogen-bond donors (Lipinski definition) is 1. The first-order valence-electron chi connectivity index (χ1n) is 11.2. The maximum atomic E-state index is 11.1. The van der Waals surface area contributed by atoms with Crippen molar-refractivity contribution in [1.29, 1.82) is 0 Å². The van der Waals surface area contributed by atoms with E-state index < -0.39 is 5.97 Å². The summed E-state index contributed by atoms with van der Waals surface area (Å²) in [7, 11) is 0. The highest BCUT2D eigenvalue weighted by molar-refractivity contribution is 7.16. The maximum Gasteiger partial charge on any atom is 0.331 e. The van der Waals surface area contributed by atoms with Crippen LogP contribution in [-0.2, 0) is 11.2 Å². The molecule has 0 saturated heterocycles. The van der Waals surface area contributed by atoms with Crippen molar-refractivity contribution in [2.75, 3.05) is 0 Å². The Morgan fingerprint density at radius 1 is 0.853 bits per heavy atom. The number of aliphatic carboxylic acids is 1. The predicted molar refractivity (Wildman–Crippen MR) is 143 cm³/mol. The molecule has 1 aliphatic rings. The van der Waals surface area contributed by atoms with Gasteiger partial charge in [-0.15, -0.1) is 11.3 Å². The van der Waals surface area contributed by atoms with Crippen LogP contribution in [-0.4, -0.2) is 11.1 Å². The molecular weight excluding hydrogens is 436 g/mol. The standard InChI is InChI=1S/C31H24O2S/c1-21(31(32)33)16-23-17-27-20-30(34-29(27)19-23)26-14-12-22(13-15-26)18-28(24-8-4-2-5-9-24)25-10-6-3-7-11-25/h2-16,18-20H,17H2,1H3,(H,32,33)/b21-16+. The van der Waals surface area contributed by atoms with Crippen LogP contribution in [0.25, 0.3) is 28.2 Å². The van der Waals surface area contributed by atoms with Crippen LogP contribution in [0, 0.1) is 0 Å². The van der Waals surface area contributed by atoms with Gasteiger partial charge in [0.2, 0.25) is 0 Å². The van der Waals surface area contributed by atoms with E-state index in [-0.39, 0.29) is 0 Å². The molecule has 34 heavy (non-hydrogen) atoms. The van der Waals surface area contributed by atoms with Crippen molar-refractivity contribution in [2.45, 2.75) is 13.3 Å². The number of carbonyl (C=O) groups is 1. The Balaban J connectivity index is 1.42. The second kappa shape index (κ2) is 9.50. The van der Waals surface area contributed by atoms with E-state index in [1.807, 2.05) is 12.1 Å². The Morgan fingerprint density at radius 2 is 1.47 bits per heavy atom. The minimum Gasteiger partial charge on any atom is -0.478 e. The summed E-state index contributed by atoms with van der Waals surface area (Å²) in [6.45, 7) is 1.64. The van der Waals surface area contributed by atoms with E-state index in [1.54, 1.807) is 24.3 Å². The highest BCUT2D eigenvalue weighted by Gasteiger charge is 2.17. The lowest BCUT2D eigenvalue weighted by atomic mass is 9.95. The Hall–Kier alpha value is -3.95. The van der Waals surface area contributed by atoms with Crippen LogP contribution in [0.5, 0.6) is 0 Å². The normalized spacial score (nSPS) is 12.7. The molecule has 0 unspecified atom stereocenters. The number of allylic oxidation sites excluding steroid dienone is 2. The quantitative estimate of drug-likeness (QED) is 0.234. The largest absolute Gasteiger partial charge is 0.478 e. The van der Waals surface area contributed by atoms with Crippen LogP contribution < -0.4 is 0 Å². The Kier molecular flexibility index (Phi) is 6.11. The van der Waals surface area contributed by atoms with Gasteiger partial charge in [-0.25, -0.2) is 4.79 Å². The van der Waals surface area contributed by atoms with Gasteiger partial charge >= 0.3 is 5.97 Å². The Morgan fingerprint density at radius 3 is 2.03 bits per heavy atom. The van der Waals surface area contributed by atoms with Crippen molar-refractivity contribution >= 4 is 35.0 Å². The van der Waals surface area contributed by atoms with Gasteiger partial charge < -0.3 is 5.11 Å². The zero-order valence-electron chi connectivity index (χ0n) is 18.9. The van der Waals surface area contributed by atoms with Gasteiger partial charge in [0, 0.05) is 15.3 Å². The van der Waals surface area contributed by atoms with E-state index in [9.17, 15) is 4.79 Å². The molecule has 1 aliphatic carbocycles. The van der Waals surface area contributed by atoms with Gasteiger partial charge in [0.15, 0.2) is 0 Å². The average Bonchev–Trinajstić information content (AvgIpc) is 3.43. The second-order valence-electron chi connectivity index (χ2n) is 8.44. The molecule has 0 saturated carbocycles. The van der Waals surface area contributed by atoms with Gasteiger partial charge in [-0.2, -0.15) is 0 Å². The van der Waals surface area contributed by atoms with E-state index >= 15 is 0 Å². The lowest BCUT2D eigenvalue weighted by Gasteiger charge is -2.09. The molecule has 1 aromatic heterocycles. The van der Waals surface area contributed by atoms with Crippen LogP contribution in [0.15, 0.2) is 108 Å². The lowest BCUT2D eigenvalue weighted by Crippen LogP contribution is -1.96. The van der Waals surface area contributed by atoms with Gasteiger partial charge in [0.05, 0.1) is 0 Å². The first-order chi connectivity index (χ1) is 16.6. The van der Waals surface area contributed by atoms with Crippen LogP contribution in [0.2, 0.25) is 0 Å². The minimum atomic E-state index is -0.867. The summed E-state index contributed by atoms with van der Waals surface area (Å²) >= 11 is 1.76. The number of carboxylic acid groups (broad SMARTS) is 1. The summed E-state index contributed by atoms with van der Waals surface area (Å²) in [4.78, 5) is 13.6. The van der Waals surface area contributed by atoms with E-state index in [2.05, 4.69) is 91.0 Å². The zero-order chi connectivity index (χ0) is 23.5. The Labute approximate surface area is 203 Å². The fraction of sp³-hybridized carbons (Fsp3) is 0.0645. The van der Waals surface area contributed by atoms with E-state index in [4.69, 9.17) is 5.11 Å². The molecule has 0 atom stereocenters. The molecule has 0 spiro atoms. The summed E-state index contributed by atoms with van der Waals surface area (Å²) in [5.41, 5.74) is 8.65. The van der Waals surface area contributed by atoms with Crippen molar-refractivity contribution in [2.24, 2.45) is 0 Å². The smallest absolute Gasteiger partial charge is 0.331 e. The monoisotopic (exact) mass is 460 g/mol. The summed E-state index contributed by atoms with van der Waals surface area (Å²) in [5, 5.41) is 9.11. The zero-order valence-corrected chi connectivity index (χ0v) is 19.7. The molecule has 3 heteroatoms. The summed E-state index contributed by atoms with van der Waals surface area (Å²) < 4.78 is 0. The van der Waals surface area contributed by atoms with E-state index in [1.165, 1.54) is 37.6 Å². The van der Waals surface area contributed by atoms with Gasteiger partial charge in [0.25, 0.3) is 0 Å². The molecule has 1 N–H and O–H groups in total. The lowest BCUT2D eigenvalue weighted by molar-refractivity contribution is -0.132. The molecule has 0 radical (unpaired) electrons. The van der Waals surface area contributed by atoms with E-state index in [0.717, 1.165) is 17.6 Å². The van der Waals surface area contributed by atoms with E-state index in [0.29, 0.717) is 5.57 Å². The number of carboxylic acids is 1. The number of rotatable bonds is 6. The number of thiophene rings is 1. The minimum absolute atomic E-state index is 0.371. The van der Waals surface area contributed by atoms with Crippen molar-refractivity contribution in [3.63, 3.8) is 0 Å². The molecule has 0 fully saturated rings. The highest BCUT2D eigenvalue weighted by Crippen LogP contribution is 2.38. The molecule has 0 aliphatic heterocycles. The summed E-state index contributed by atoms with van der Waals surface area (Å²) in [6, 6.07) is 31.9. The summed E-state index contributed by atoms with van der Waals surface area (Å²) in [5.74, 6) is -0.867. The third-order valence-corrected chi connectivity index (χ3v) is 7.14. The van der Waals surface area contributed by atoms with Crippen molar-refractivity contribution in [3.8, 4) is 10.4 Å². The van der Waals surface area contributed by atoms with Crippen molar-refractivity contribution in [3.05, 3.63) is 135 Å². The highest BCUT2D eigenvalue weighted by atomic mass is 32.1. The van der Waals surface area contributed by atoms with Crippen LogP contribution >= 0.6 is 11.3 Å². The maximum absolute atomic E-state index is 11.1. The van der Waals surface area contributed by atoms with Crippen LogP contribution in [0.4, 0.5) is 0 Å². The SMILES string of the molecule is C/C(=C\C1=Cc2sc(-c3ccc(C=C(c4ccccc4)c4ccccc4)cc3)cc2C1)C(=O)O. The molecule has 2 nitrogen and oxygen atoms in total. The topological polar surface area (TPSA) is 37.3 Å². The van der Waals surface area contributed by atoms with Gasteiger partial charge in [0.1, 0.15) is 0 Å². The van der Waals surface area contributed by atoms with Crippen LogP contribution in [0.3, 0.4) is 0 Å². The van der Waals surface area contributed by atoms with Gasteiger partial charge in [-0.1, -0.05) is 84.9 Å². The predicted octanol–water partition coefficient (Wildman–Crippen LogP) is 7.97. The molecule has 0 bridgehead atoms. The van der Waals surface area contributed by atoms with Gasteiger partial charge in [-0.05, 0) is 76.6 Å². The summed E-state index contributed by atoms with van der Waals surface area (Å²) in [6.07, 6.45) is 6.91. The molecule has 4 aromatic rings. The third-order valence-electron chi connectivity index (χ3n) is 5.97. The van der Waals surface area contributed by atoms with Crippen molar-refractivity contribution < 1.29 is 9.90 Å². The fourth-order valence-electron chi connectivity index (χ4n) is 4.20. The van der Waals surface area contributed by atoms with Crippen LogP contribution in [0.1, 0.15) is 34.1 Å². The number of hydrogen-bond acceptors (Lipinski definition) is 2.